The van der Waals surface area contributed by atoms with E-state index in [9.17, 15) is 40.7 Å². The molecule has 20 heteroatoms. The topological polar surface area (TPSA) is 139 Å². The van der Waals surface area contributed by atoms with Crippen molar-refractivity contribution in [3.8, 4) is 5.69 Å². The summed E-state index contributed by atoms with van der Waals surface area (Å²) in [4.78, 5) is 51.4. The molecular formula is C57H58F6N10O4. The van der Waals surface area contributed by atoms with E-state index < -0.39 is 47.2 Å². The van der Waals surface area contributed by atoms with Crippen molar-refractivity contribution in [2.24, 2.45) is 0 Å². The number of benzene rings is 6. The number of aromatic nitrogens is 2. The van der Waals surface area contributed by atoms with Crippen LogP contribution in [0.4, 0.5) is 54.1 Å². The summed E-state index contributed by atoms with van der Waals surface area (Å²) in [5.74, 6) is -1.05. The van der Waals surface area contributed by atoms with Gasteiger partial charge in [-0.15, -0.1) is 0 Å². The zero-order valence-corrected chi connectivity index (χ0v) is 42.6. The molecule has 6 aromatic carbocycles. The van der Waals surface area contributed by atoms with E-state index in [0.717, 1.165) is 96.4 Å². The standard InChI is InChI=1S/C31H34F3N5O3.C26H24F3N5O/c1-30(2,3)42-29(41)38-16-14-37(15-17-38)20-21-12-13-26-25(18-21)35-28(39(26)24-10-5-4-6-11-24)36-27(40)22-8-7-9-23(19-22)31(32,33)34;27-26(28,29)20-6-4-5-19(16-20)24(35)32-25-31-22-15-18(17-33-13-11-30-12-14-33)9-10-23(22)34(25)21-7-2-1-3-8-21/h4-13,18-19,28,35H,14-17,20H2,1-3H3,(H,36,40);1-10,15-16,30H,11-14,17H2,(H,31,32,35). The van der Waals surface area contributed by atoms with Gasteiger partial charge in [0, 0.05) is 87.9 Å². The van der Waals surface area contributed by atoms with Crippen molar-refractivity contribution < 1.29 is 45.5 Å². The molecule has 4 heterocycles. The number of para-hydroxylation sites is 2. The number of amides is 3. The second kappa shape index (κ2) is 22.7. The van der Waals surface area contributed by atoms with Crippen LogP contribution in [0.25, 0.3) is 16.7 Å². The number of nitrogens with one attached hydrogen (secondary N) is 4. The van der Waals surface area contributed by atoms with Crippen LogP contribution in [-0.4, -0.2) is 106 Å². The second-order valence-corrected chi connectivity index (χ2v) is 19.9. The number of nitrogens with zero attached hydrogens (tertiary/aromatic N) is 6. The molecule has 14 nitrogen and oxygen atoms in total. The molecule has 0 bridgehead atoms. The summed E-state index contributed by atoms with van der Waals surface area (Å²) in [6.45, 7) is 13.4. The third-order valence-corrected chi connectivity index (χ3v) is 13.1. The molecule has 2 saturated heterocycles. The van der Waals surface area contributed by atoms with E-state index in [4.69, 9.17) is 4.74 Å². The molecule has 3 aliphatic rings. The van der Waals surface area contributed by atoms with Gasteiger partial charge in [-0.1, -0.05) is 60.7 Å². The van der Waals surface area contributed by atoms with E-state index in [1.165, 1.54) is 24.3 Å². The number of alkyl halides is 6. The molecule has 1 atom stereocenters. The number of carbonyl (C=O) groups is 3. The van der Waals surface area contributed by atoms with Gasteiger partial charge in [-0.3, -0.25) is 29.3 Å². The molecule has 1 unspecified atom stereocenters. The van der Waals surface area contributed by atoms with Gasteiger partial charge in [0.1, 0.15) is 5.60 Å². The number of hydrogen-bond donors (Lipinski definition) is 4. The van der Waals surface area contributed by atoms with Crippen molar-refractivity contribution >= 4 is 52.0 Å². The fourth-order valence-corrected chi connectivity index (χ4v) is 9.34. The third-order valence-electron chi connectivity index (χ3n) is 13.1. The zero-order chi connectivity index (χ0) is 54.5. The minimum atomic E-state index is -4.55. The minimum Gasteiger partial charge on any atom is -0.444 e. The monoisotopic (exact) mass is 1060 g/mol. The smallest absolute Gasteiger partial charge is 0.416 e. The molecular weight excluding hydrogens is 1000 g/mol. The Labute approximate surface area is 441 Å². The zero-order valence-electron chi connectivity index (χ0n) is 42.6. The molecule has 0 radical (unpaired) electrons. The first kappa shape index (κ1) is 53.9. The highest BCUT2D eigenvalue weighted by Gasteiger charge is 2.35. The Morgan fingerprint density at radius 1 is 0.623 bits per heavy atom. The van der Waals surface area contributed by atoms with Crippen LogP contribution in [0.1, 0.15) is 63.7 Å². The van der Waals surface area contributed by atoms with E-state index in [1.807, 2.05) is 123 Å². The summed E-state index contributed by atoms with van der Waals surface area (Å²) in [7, 11) is 0. The highest BCUT2D eigenvalue weighted by molar-refractivity contribution is 6.04. The van der Waals surface area contributed by atoms with Crippen molar-refractivity contribution in [1.82, 2.24) is 34.9 Å². The summed E-state index contributed by atoms with van der Waals surface area (Å²) >= 11 is 0. The first-order valence-corrected chi connectivity index (χ1v) is 25.2. The number of fused-ring (bicyclic) bond motifs is 2. The Kier molecular flexibility index (Phi) is 15.9. The van der Waals surface area contributed by atoms with Crippen LogP contribution in [0.5, 0.6) is 0 Å². The molecule has 1 aromatic heterocycles. The second-order valence-electron chi connectivity index (χ2n) is 19.9. The van der Waals surface area contributed by atoms with E-state index in [2.05, 4.69) is 36.1 Å². The average Bonchev–Trinajstić information content (AvgIpc) is 3.95. The molecule has 10 rings (SSSR count). The van der Waals surface area contributed by atoms with Crippen molar-refractivity contribution in [2.75, 3.05) is 67.9 Å². The number of ether oxygens (including phenoxy) is 1. The number of rotatable bonds is 10. The number of hydrogen-bond acceptors (Lipinski definition) is 10. The Balaban J connectivity index is 0.000000191. The summed E-state index contributed by atoms with van der Waals surface area (Å²) in [5, 5.41) is 12.2. The summed E-state index contributed by atoms with van der Waals surface area (Å²) < 4.78 is 86.4. The van der Waals surface area contributed by atoms with Crippen LogP contribution < -0.4 is 26.2 Å². The first-order chi connectivity index (χ1) is 36.8. The van der Waals surface area contributed by atoms with Crippen LogP contribution in [0.15, 0.2) is 146 Å². The Morgan fingerprint density at radius 2 is 1.18 bits per heavy atom. The third kappa shape index (κ3) is 13.4. The molecule has 3 aliphatic heterocycles. The highest BCUT2D eigenvalue weighted by atomic mass is 19.4. The predicted octanol–water partition coefficient (Wildman–Crippen LogP) is 10.7. The fraction of sp³-hybridized carbons (Fsp3) is 0.298. The van der Waals surface area contributed by atoms with Crippen LogP contribution in [0.3, 0.4) is 0 Å². The molecule has 4 N–H and O–H groups in total. The molecule has 7 aromatic rings. The highest BCUT2D eigenvalue weighted by Crippen LogP contribution is 2.40. The van der Waals surface area contributed by atoms with Gasteiger partial charge in [-0.25, -0.2) is 9.78 Å². The summed E-state index contributed by atoms with van der Waals surface area (Å²) in [5.41, 5.74) is 4.38. The van der Waals surface area contributed by atoms with E-state index in [-0.39, 0.29) is 23.2 Å². The van der Waals surface area contributed by atoms with Gasteiger partial charge in [0.25, 0.3) is 11.8 Å². The molecule has 0 spiro atoms. The number of anilines is 4. The Morgan fingerprint density at radius 3 is 1.78 bits per heavy atom. The van der Waals surface area contributed by atoms with Gasteiger partial charge in [-0.05, 0) is 117 Å². The number of halogens is 6. The SMILES string of the molecule is CC(C)(C)OC(=O)N1CCN(Cc2ccc3c(c2)NC(NC(=O)c2cccc(C(F)(F)F)c2)N3c2ccccc2)CC1.O=C(Nc1nc2cc(CN3CCNCC3)ccc2n1-c1ccccc1)c1cccc(C(F)(F)F)c1. The van der Waals surface area contributed by atoms with Gasteiger partial charge in [-0.2, -0.15) is 26.3 Å². The fourth-order valence-electron chi connectivity index (χ4n) is 9.34. The largest absolute Gasteiger partial charge is 0.444 e. The Bertz CT molecular complexity index is 3210. The normalized spacial score (nSPS) is 16.2. The lowest BCUT2D eigenvalue weighted by Crippen LogP contribution is -2.49. The Hall–Kier alpha value is -7.94. The maximum absolute atomic E-state index is 13.2. The van der Waals surface area contributed by atoms with Crippen LogP contribution in [-0.2, 0) is 30.2 Å². The summed E-state index contributed by atoms with van der Waals surface area (Å²) in [6.07, 6.45) is -10.1. The van der Waals surface area contributed by atoms with Crippen molar-refractivity contribution in [3.63, 3.8) is 0 Å². The van der Waals surface area contributed by atoms with Crippen LogP contribution in [0.2, 0.25) is 0 Å². The predicted molar refractivity (Wildman–Crippen MR) is 283 cm³/mol. The van der Waals surface area contributed by atoms with E-state index >= 15 is 0 Å². The quantitative estimate of drug-likeness (QED) is 0.0979. The van der Waals surface area contributed by atoms with Crippen molar-refractivity contribution in [3.05, 3.63) is 179 Å². The van der Waals surface area contributed by atoms with Crippen LogP contribution in [0, 0.1) is 0 Å². The molecule has 402 valence electrons. The molecule has 2 fully saturated rings. The van der Waals surface area contributed by atoms with Crippen molar-refractivity contribution in [1.29, 1.82) is 0 Å². The van der Waals surface area contributed by atoms with E-state index in [0.29, 0.717) is 38.2 Å². The molecule has 3 amide bonds. The number of carbonyl (C=O) groups excluding carboxylic acids is 3. The summed E-state index contributed by atoms with van der Waals surface area (Å²) in [6, 6.07) is 39.6. The lowest BCUT2D eigenvalue weighted by molar-refractivity contribution is -0.138. The van der Waals surface area contributed by atoms with Gasteiger partial charge in [0.05, 0.1) is 33.5 Å². The van der Waals surface area contributed by atoms with Gasteiger partial charge < -0.3 is 30.5 Å². The molecule has 77 heavy (non-hydrogen) atoms. The molecule has 0 saturated carbocycles. The first-order valence-electron chi connectivity index (χ1n) is 25.2. The van der Waals surface area contributed by atoms with Gasteiger partial charge in [0.15, 0.2) is 6.29 Å². The minimum absolute atomic E-state index is 0.0817. The average molecular weight is 1060 g/mol. The van der Waals surface area contributed by atoms with Gasteiger partial charge in [0.2, 0.25) is 5.95 Å². The maximum atomic E-state index is 13.2. The number of imidazole rings is 1. The maximum Gasteiger partial charge on any atom is 0.416 e. The number of piperazine rings is 2. The van der Waals surface area contributed by atoms with Crippen molar-refractivity contribution in [2.45, 2.75) is 58.1 Å². The van der Waals surface area contributed by atoms with Crippen LogP contribution >= 0.6 is 0 Å². The van der Waals surface area contributed by atoms with E-state index in [1.54, 1.807) is 9.47 Å². The molecule has 0 aliphatic carbocycles. The van der Waals surface area contributed by atoms with Gasteiger partial charge >= 0.3 is 18.4 Å². The lowest BCUT2D eigenvalue weighted by atomic mass is 10.1. The lowest BCUT2D eigenvalue weighted by Gasteiger charge is -2.35.